The third-order valence-corrected chi connectivity index (χ3v) is 4.86. The lowest BCUT2D eigenvalue weighted by molar-refractivity contribution is 0.468. The fraction of sp³-hybridized carbons (Fsp3) is 0.200. The fourth-order valence-corrected chi connectivity index (χ4v) is 3.42. The van der Waals surface area contributed by atoms with E-state index in [-0.39, 0.29) is 6.04 Å². The first kappa shape index (κ1) is 12.5. The van der Waals surface area contributed by atoms with Crippen molar-refractivity contribution in [2.24, 2.45) is 0 Å². The van der Waals surface area contributed by atoms with Crippen LogP contribution in [0.25, 0.3) is 0 Å². The molecule has 2 aromatic heterocycles. The van der Waals surface area contributed by atoms with Crippen LogP contribution in [0.2, 0.25) is 9.56 Å². The highest BCUT2D eigenvalue weighted by molar-refractivity contribution is 9.10. The Hall–Kier alpha value is -0.000000000000000139. The van der Waals surface area contributed by atoms with Crippen LogP contribution >= 0.6 is 50.5 Å². The molecule has 2 rings (SSSR count). The van der Waals surface area contributed by atoms with Crippen molar-refractivity contribution in [3.63, 3.8) is 0 Å². The van der Waals surface area contributed by atoms with Crippen LogP contribution in [0.5, 0.6) is 0 Å². The molecule has 2 heterocycles. The fourth-order valence-electron chi connectivity index (χ4n) is 1.41. The summed E-state index contributed by atoms with van der Waals surface area (Å²) in [4.78, 5) is 1.07. The number of nitrogens with one attached hydrogen (secondary N) is 1. The molecule has 0 radical (unpaired) electrons. The van der Waals surface area contributed by atoms with Gasteiger partial charge in [-0.05, 0) is 52.8 Å². The Kier molecular flexibility index (Phi) is 3.97. The summed E-state index contributed by atoms with van der Waals surface area (Å²) in [5.41, 5.74) is 0. The van der Waals surface area contributed by atoms with Gasteiger partial charge < -0.3 is 9.73 Å². The predicted molar refractivity (Wildman–Crippen MR) is 71.6 cm³/mol. The summed E-state index contributed by atoms with van der Waals surface area (Å²) in [5, 5.41) is 3.55. The molecule has 86 valence electrons. The van der Waals surface area contributed by atoms with E-state index in [1.807, 2.05) is 19.2 Å². The van der Waals surface area contributed by atoms with E-state index >= 15 is 0 Å². The minimum absolute atomic E-state index is 0.0266. The van der Waals surface area contributed by atoms with Gasteiger partial charge in [-0.2, -0.15) is 0 Å². The molecular weight excluding hydrogens is 333 g/mol. The average Bonchev–Trinajstić information content (AvgIpc) is 2.77. The summed E-state index contributed by atoms with van der Waals surface area (Å²) in [6, 6.07) is 5.53. The molecule has 0 bridgehead atoms. The Morgan fingerprint density at radius 3 is 2.62 bits per heavy atom. The molecule has 16 heavy (non-hydrogen) atoms. The van der Waals surface area contributed by atoms with E-state index in [1.165, 1.54) is 11.3 Å². The largest absolute Gasteiger partial charge is 0.448 e. The van der Waals surface area contributed by atoms with Gasteiger partial charge in [0.1, 0.15) is 16.1 Å². The van der Waals surface area contributed by atoms with Gasteiger partial charge >= 0.3 is 0 Å². The van der Waals surface area contributed by atoms with Crippen molar-refractivity contribution in [1.82, 2.24) is 5.32 Å². The molecule has 0 saturated carbocycles. The molecular formula is C10H8BrCl2NOS. The number of hydrogen-bond acceptors (Lipinski definition) is 3. The van der Waals surface area contributed by atoms with Crippen molar-refractivity contribution in [2.75, 3.05) is 7.05 Å². The lowest BCUT2D eigenvalue weighted by Crippen LogP contribution is -2.15. The second-order valence-corrected chi connectivity index (χ2v) is 6.05. The molecule has 0 aliphatic heterocycles. The van der Waals surface area contributed by atoms with Crippen LogP contribution in [0, 0.1) is 0 Å². The quantitative estimate of drug-likeness (QED) is 0.874. The second-order valence-electron chi connectivity index (χ2n) is 3.13. The SMILES string of the molecule is CNC(c1ccc(Cl)o1)c1cc(Br)c(Cl)s1. The van der Waals surface area contributed by atoms with Gasteiger partial charge in [-0.1, -0.05) is 11.6 Å². The summed E-state index contributed by atoms with van der Waals surface area (Å²) in [5.74, 6) is 0.776. The molecule has 0 aliphatic rings. The van der Waals surface area contributed by atoms with E-state index in [2.05, 4.69) is 21.2 Å². The zero-order chi connectivity index (χ0) is 11.7. The molecule has 0 saturated heterocycles. The van der Waals surface area contributed by atoms with Crippen LogP contribution in [-0.2, 0) is 0 Å². The Morgan fingerprint density at radius 1 is 1.44 bits per heavy atom. The van der Waals surface area contributed by atoms with Crippen LogP contribution in [0.1, 0.15) is 16.7 Å². The van der Waals surface area contributed by atoms with Crippen LogP contribution in [-0.4, -0.2) is 7.05 Å². The average molecular weight is 341 g/mol. The molecule has 2 aromatic rings. The van der Waals surface area contributed by atoms with Crippen molar-refractivity contribution < 1.29 is 4.42 Å². The minimum atomic E-state index is -0.0266. The van der Waals surface area contributed by atoms with Gasteiger partial charge in [0.15, 0.2) is 5.22 Å². The number of hydrogen-bond donors (Lipinski definition) is 1. The van der Waals surface area contributed by atoms with Crippen molar-refractivity contribution >= 4 is 50.5 Å². The first-order valence-corrected chi connectivity index (χ1v) is 6.85. The highest BCUT2D eigenvalue weighted by Gasteiger charge is 2.19. The highest BCUT2D eigenvalue weighted by Crippen LogP contribution is 2.37. The van der Waals surface area contributed by atoms with Crippen LogP contribution in [0.4, 0.5) is 0 Å². The van der Waals surface area contributed by atoms with E-state index < -0.39 is 0 Å². The summed E-state index contributed by atoms with van der Waals surface area (Å²) in [7, 11) is 1.86. The molecule has 0 aromatic carbocycles. The topological polar surface area (TPSA) is 25.2 Å². The van der Waals surface area contributed by atoms with Gasteiger partial charge in [0.05, 0.1) is 0 Å². The van der Waals surface area contributed by atoms with E-state index in [0.29, 0.717) is 5.22 Å². The number of thiophene rings is 1. The molecule has 1 unspecified atom stereocenters. The lowest BCUT2D eigenvalue weighted by atomic mass is 10.2. The summed E-state index contributed by atoms with van der Waals surface area (Å²) >= 11 is 16.7. The predicted octanol–water partition coefficient (Wildman–Crippen LogP) is 4.72. The summed E-state index contributed by atoms with van der Waals surface area (Å²) in [6.07, 6.45) is 0. The monoisotopic (exact) mass is 339 g/mol. The summed E-state index contributed by atoms with van der Waals surface area (Å²) < 4.78 is 7.02. The smallest absolute Gasteiger partial charge is 0.193 e. The molecule has 0 amide bonds. The Morgan fingerprint density at radius 2 is 2.19 bits per heavy atom. The Bertz CT molecular complexity index is 477. The second kappa shape index (κ2) is 5.10. The summed E-state index contributed by atoms with van der Waals surface area (Å²) in [6.45, 7) is 0. The van der Waals surface area contributed by atoms with Crippen LogP contribution in [0.3, 0.4) is 0 Å². The van der Waals surface area contributed by atoms with Gasteiger partial charge in [-0.25, -0.2) is 0 Å². The van der Waals surface area contributed by atoms with E-state index in [9.17, 15) is 0 Å². The zero-order valence-electron chi connectivity index (χ0n) is 8.26. The molecule has 2 nitrogen and oxygen atoms in total. The van der Waals surface area contributed by atoms with Gasteiger partial charge in [0.25, 0.3) is 0 Å². The van der Waals surface area contributed by atoms with Gasteiger partial charge in [-0.3, -0.25) is 0 Å². The standard InChI is InChI=1S/C10H8BrCl2NOS/c1-14-9(6-2-3-8(12)15-6)7-4-5(11)10(13)16-7/h2-4,9,14H,1H3. The molecule has 0 spiro atoms. The Balaban J connectivity index is 2.36. The maximum Gasteiger partial charge on any atom is 0.193 e. The first-order valence-electron chi connectivity index (χ1n) is 4.49. The third-order valence-electron chi connectivity index (χ3n) is 2.12. The zero-order valence-corrected chi connectivity index (χ0v) is 12.2. The van der Waals surface area contributed by atoms with E-state index in [1.54, 1.807) is 6.07 Å². The van der Waals surface area contributed by atoms with Crippen LogP contribution in [0.15, 0.2) is 27.1 Å². The van der Waals surface area contributed by atoms with E-state index in [0.717, 1.165) is 19.4 Å². The third kappa shape index (κ3) is 2.46. The minimum Gasteiger partial charge on any atom is -0.448 e. The van der Waals surface area contributed by atoms with Crippen molar-refractivity contribution in [1.29, 1.82) is 0 Å². The van der Waals surface area contributed by atoms with Gasteiger partial charge in [0.2, 0.25) is 0 Å². The highest BCUT2D eigenvalue weighted by atomic mass is 79.9. The van der Waals surface area contributed by atoms with E-state index in [4.69, 9.17) is 27.6 Å². The molecule has 0 fully saturated rings. The van der Waals surface area contributed by atoms with Crippen LogP contribution < -0.4 is 5.32 Å². The van der Waals surface area contributed by atoms with Gasteiger partial charge in [-0.15, -0.1) is 11.3 Å². The maximum absolute atomic E-state index is 6.01. The number of rotatable bonds is 3. The number of furan rings is 1. The van der Waals surface area contributed by atoms with Gasteiger partial charge in [0, 0.05) is 9.35 Å². The molecule has 1 N–H and O–H groups in total. The first-order chi connectivity index (χ1) is 7.61. The molecule has 6 heteroatoms. The number of halogens is 3. The molecule has 0 aliphatic carbocycles. The maximum atomic E-state index is 6.01. The van der Waals surface area contributed by atoms with Crippen molar-refractivity contribution in [2.45, 2.75) is 6.04 Å². The molecule has 1 atom stereocenters. The normalized spacial score (nSPS) is 13.0. The van der Waals surface area contributed by atoms with Crippen molar-refractivity contribution in [3.8, 4) is 0 Å². The lowest BCUT2D eigenvalue weighted by Gasteiger charge is -2.10. The Labute approximate surface area is 116 Å². The van der Waals surface area contributed by atoms with Crippen molar-refractivity contribution in [3.05, 3.63) is 42.9 Å².